The first-order chi connectivity index (χ1) is 25.3. The second-order valence-corrected chi connectivity index (χ2v) is 15.0. The highest BCUT2D eigenvalue weighted by atomic mass is 35.5. The lowest BCUT2D eigenvalue weighted by Gasteiger charge is -2.42. The molecule has 2 aromatic heterocycles. The zero-order valence-electron chi connectivity index (χ0n) is 28.7. The predicted molar refractivity (Wildman–Crippen MR) is 203 cm³/mol. The molecule has 0 saturated carbocycles. The molecule has 3 atom stereocenters. The number of benzene rings is 3. The topological polar surface area (TPSA) is 105 Å². The molecule has 0 unspecified atom stereocenters. The van der Waals surface area contributed by atoms with Crippen LogP contribution in [0.25, 0.3) is 33.4 Å². The molecule has 0 bridgehead atoms. The number of nitrogens with one attached hydrogen (secondary N) is 2. The molecule has 3 aromatic carbocycles. The van der Waals surface area contributed by atoms with E-state index in [1.165, 1.54) is 0 Å². The van der Waals surface area contributed by atoms with E-state index in [0.717, 1.165) is 72.3 Å². The molecule has 0 aliphatic carbocycles. The van der Waals surface area contributed by atoms with Crippen LogP contribution in [0, 0.1) is 0 Å². The summed E-state index contributed by atoms with van der Waals surface area (Å²) in [6, 6.07) is 20.7. The van der Waals surface area contributed by atoms with Gasteiger partial charge in [0.15, 0.2) is 0 Å². The Kier molecular flexibility index (Phi) is 9.93. The maximum Gasteiger partial charge on any atom is 0.410 e. The molecule has 270 valence electrons. The molecule has 5 heterocycles. The van der Waals surface area contributed by atoms with Crippen molar-refractivity contribution in [3.05, 3.63) is 99.4 Å². The van der Waals surface area contributed by atoms with Crippen molar-refractivity contribution in [1.29, 1.82) is 0 Å². The summed E-state index contributed by atoms with van der Waals surface area (Å²) in [7, 11) is 0. The van der Waals surface area contributed by atoms with Gasteiger partial charge in [0.25, 0.3) is 5.91 Å². The Bertz CT molecular complexity index is 2110. The van der Waals surface area contributed by atoms with Gasteiger partial charge in [-0.2, -0.15) is 0 Å². The Hall–Kier alpha value is -4.06. The monoisotopic (exact) mass is 760 g/mol. The van der Waals surface area contributed by atoms with E-state index in [1.807, 2.05) is 65.6 Å². The first-order valence-electron chi connectivity index (χ1n) is 17.7. The molecular formula is C39H39Cl3N6O4. The third-order valence-electron chi connectivity index (χ3n) is 10.7. The minimum atomic E-state index is -0.264. The van der Waals surface area contributed by atoms with Gasteiger partial charge in [0.05, 0.1) is 55.7 Å². The van der Waals surface area contributed by atoms with E-state index >= 15 is 0 Å². The van der Waals surface area contributed by atoms with E-state index < -0.39 is 0 Å². The number of ether oxygens (including phenoxy) is 2. The molecule has 2 amide bonds. The second-order valence-electron chi connectivity index (χ2n) is 13.7. The lowest BCUT2D eigenvalue weighted by Crippen LogP contribution is -2.56. The van der Waals surface area contributed by atoms with E-state index in [1.54, 1.807) is 12.4 Å². The van der Waals surface area contributed by atoms with Crippen molar-refractivity contribution in [2.24, 2.45) is 0 Å². The van der Waals surface area contributed by atoms with Gasteiger partial charge >= 0.3 is 6.09 Å². The van der Waals surface area contributed by atoms with Gasteiger partial charge < -0.3 is 29.2 Å². The van der Waals surface area contributed by atoms with Crippen LogP contribution in [0.15, 0.2) is 73.1 Å². The van der Waals surface area contributed by atoms with Gasteiger partial charge in [-0.3, -0.25) is 9.69 Å². The maximum absolute atomic E-state index is 14.6. The molecule has 52 heavy (non-hydrogen) atoms. The third-order valence-corrected chi connectivity index (χ3v) is 11.5. The summed E-state index contributed by atoms with van der Waals surface area (Å²) < 4.78 is 13.4. The molecule has 10 nitrogen and oxygen atoms in total. The second kappa shape index (κ2) is 14.8. The highest BCUT2D eigenvalue weighted by molar-refractivity contribution is 6.35. The Balaban J connectivity index is 1.14. The number of amides is 2. The number of imidazole rings is 1. The van der Waals surface area contributed by atoms with Crippen LogP contribution in [-0.4, -0.2) is 93.9 Å². The minimum absolute atomic E-state index is 0.00189. The number of piperidine rings is 1. The van der Waals surface area contributed by atoms with Crippen molar-refractivity contribution in [1.82, 2.24) is 29.7 Å². The van der Waals surface area contributed by atoms with Gasteiger partial charge in [-0.05, 0) is 56.0 Å². The molecule has 3 aliphatic rings. The average Bonchev–Trinajstić information content (AvgIpc) is 3.89. The van der Waals surface area contributed by atoms with Crippen molar-refractivity contribution in [2.75, 3.05) is 39.5 Å². The number of hydrogen-bond acceptors (Lipinski definition) is 6. The van der Waals surface area contributed by atoms with E-state index in [9.17, 15) is 9.59 Å². The summed E-state index contributed by atoms with van der Waals surface area (Å²) in [5, 5.41) is 5.81. The van der Waals surface area contributed by atoms with Crippen molar-refractivity contribution in [2.45, 2.75) is 50.4 Å². The zero-order chi connectivity index (χ0) is 35.9. The summed E-state index contributed by atoms with van der Waals surface area (Å²) in [5.74, 6) is -0.252. The number of H-pyrrole nitrogens is 1. The smallest absolute Gasteiger partial charge is 0.410 e. The Morgan fingerprint density at radius 2 is 1.75 bits per heavy atom. The highest BCUT2D eigenvalue weighted by Gasteiger charge is 2.39. The van der Waals surface area contributed by atoms with E-state index in [4.69, 9.17) is 49.3 Å². The van der Waals surface area contributed by atoms with Crippen molar-refractivity contribution >= 4 is 57.7 Å². The van der Waals surface area contributed by atoms with Crippen LogP contribution in [0.5, 0.6) is 0 Å². The van der Waals surface area contributed by atoms with Crippen molar-refractivity contribution < 1.29 is 19.1 Å². The van der Waals surface area contributed by atoms with Crippen LogP contribution in [0.2, 0.25) is 15.1 Å². The van der Waals surface area contributed by atoms with Crippen molar-refractivity contribution in [3.8, 4) is 22.5 Å². The minimum Gasteiger partial charge on any atom is -0.449 e. The summed E-state index contributed by atoms with van der Waals surface area (Å²) >= 11 is 19.5. The van der Waals surface area contributed by atoms with Crippen LogP contribution < -0.4 is 5.32 Å². The number of carbonyl (C=O) groups excluding carboxylic acids is 2. The standard InChI is InChI=1S/C39H39Cl3N6O4/c1-23(28-10-8-25(40)18-30(28)42)48-22-43-35(24-6-3-2-4-7-24)37(48)34-29-11-9-26(41)19-31(29)44-36(34)38(49)45-32-20-51-21-33(32)46-15-12-27(13-16-46)47-14-5-17-52-39(47)50/h2-4,6-11,18-19,22-23,27,32-33,44H,5,12-17,20-21H2,1H3,(H,45,49)/t23-,32+,33+/m0/s1. The molecule has 3 saturated heterocycles. The lowest BCUT2D eigenvalue weighted by molar-refractivity contribution is 0.0290. The number of carbonyl (C=O) groups is 2. The largest absolute Gasteiger partial charge is 0.449 e. The number of aromatic nitrogens is 3. The number of nitrogens with zero attached hydrogens (tertiary/aromatic N) is 4. The fourth-order valence-electron chi connectivity index (χ4n) is 8.00. The molecule has 3 fully saturated rings. The molecule has 0 radical (unpaired) electrons. The maximum atomic E-state index is 14.6. The van der Waals surface area contributed by atoms with E-state index in [2.05, 4.69) is 26.7 Å². The molecule has 5 aromatic rings. The Labute approximate surface area is 316 Å². The van der Waals surface area contributed by atoms with E-state index in [-0.39, 0.29) is 36.2 Å². The zero-order valence-corrected chi connectivity index (χ0v) is 30.9. The number of hydrogen-bond donors (Lipinski definition) is 2. The summed E-state index contributed by atoms with van der Waals surface area (Å²) in [6.45, 7) is 5.80. The average molecular weight is 762 g/mol. The quantitative estimate of drug-likeness (QED) is 0.166. The molecule has 13 heteroatoms. The van der Waals surface area contributed by atoms with Gasteiger partial charge in [-0.25, -0.2) is 9.78 Å². The fraction of sp³-hybridized carbons (Fsp3) is 0.359. The molecule has 3 aliphatic heterocycles. The summed E-state index contributed by atoms with van der Waals surface area (Å²) in [5.41, 5.74) is 5.11. The number of cyclic esters (lactones) is 1. The van der Waals surface area contributed by atoms with Gasteiger partial charge in [0.2, 0.25) is 0 Å². The summed E-state index contributed by atoms with van der Waals surface area (Å²) in [6.07, 6.45) is 4.15. The van der Waals surface area contributed by atoms with Crippen LogP contribution in [0.1, 0.15) is 48.3 Å². The first kappa shape index (κ1) is 35.0. The summed E-state index contributed by atoms with van der Waals surface area (Å²) in [4.78, 5) is 39.6. The van der Waals surface area contributed by atoms with Gasteiger partial charge in [0.1, 0.15) is 5.69 Å². The number of likely N-dealkylation sites (tertiary alicyclic amines) is 1. The number of rotatable bonds is 8. The molecule has 8 rings (SSSR count). The molecule has 0 spiro atoms. The number of fused-ring (bicyclic) bond motifs is 1. The first-order valence-corrected chi connectivity index (χ1v) is 18.8. The Morgan fingerprint density at radius 1 is 0.981 bits per heavy atom. The SMILES string of the molecule is C[C@@H](c1ccc(Cl)cc1Cl)n1cnc(-c2ccccc2)c1-c1c(C(=O)N[C@@H]2COC[C@H]2N2CCC(N3CCCOC3=O)CC2)[nH]c2cc(Cl)ccc12. The normalized spacial score (nSPS) is 20.7. The number of aromatic amines is 1. The van der Waals surface area contributed by atoms with Crippen molar-refractivity contribution in [3.63, 3.8) is 0 Å². The Morgan fingerprint density at radius 3 is 2.52 bits per heavy atom. The predicted octanol–water partition coefficient (Wildman–Crippen LogP) is 8.07. The van der Waals surface area contributed by atoms with Gasteiger partial charge in [-0.1, -0.05) is 77.3 Å². The lowest BCUT2D eigenvalue weighted by atomic mass is 9.98. The highest BCUT2D eigenvalue weighted by Crippen LogP contribution is 2.42. The van der Waals surface area contributed by atoms with Gasteiger partial charge in [0, 0.05) is 62.8 Å². The molecular weight excluding hydrogens is 723 g/mol. The van der Waals surface area contributed by atoms with Crippen LogP contribution >= 0.6 is 34.8 Å². The van der Waals surface area contributed by atoms with Crippen LogP contribution in [0.3, 0.4) is 0 Å². The van der Waals surface area contributed by atoms with Crippen LogP contribution in [-0.2, 0) is 9.47 Å². The molecule has 2 N–H and O–H groups in total. The third kappa shape index (κ3) is 6.67. The van der Waals surface area contributed by atoms with Gasteiger partial charge in [-0.15, -0.1) is 0 Å². The van der Waals surface area contributed by atoms with E-state index in [0.29, 0.717) is 46.1 Å². The number of halogens is 3. The fourth-order valence-corrected chi connectivity index (χ4v) is 8.73. The van der Waals surface area contributed by atoms with Crippen LogP contribution in [0.4, 0.5) is 4.79 Å².